The van der Waals surface area contributed by atoms with Crippen LogP contribution in [-0.4, -0.2) is 61.3 Å². The molecule has 9 heteroatoms. The molecule has 1 saturated carbocycles. The molecule has 2 aliphatic heterocycles. The molecule has 0 atom stereocenters. The van der Waals surface area contributed by atoms with Crippen molar-refractivity contribution in [1.29, 1.82) is 0 Å². The maximum Gasteiger partial charge on any atom is 0.254 e. The SMILES string of the molecule is O=C(c1ccc(CN2CC3(CCN(C4CCCCC4)CC3)c3cc(Cl)ccc32)cc1)N(Cc1ncc[nH]1)Cc1ncc[nH]1. The molecule has 0 radical (unpaired) electrons. The summed E-state index contributed by atoms with van der Waals surface area (Å²) in [4.78, 5) is 35.5. The van der Waals surface area contributed by atoms with Gasteiger partial charge >= 0.3 is 0 Å². The molecule has 1 saturated heterocycles. The van der Waals surface area contributed by atoms with E-state index >= 15 is 0 Å². The van der Waals surface area contributed by atoms with Crippen LogP contribution in [0, 0.1) is 0 Å². The van der Waals surface area contributed by atoms with Gasteiger partial charge in [0.05, 0.1) is 13.1 Å². The molecule has 224 valence electrons. The maximum absolute atomic E-state index is 13.6. The highest BCUT2D eigenvalue weighted by Gasteiger charge is 2.45. The van der Waals surface area contributed by atoms with Crippen molar-refractivity contribution in [3.05, 3.63) is 101 Å². The van der Waals surface area contributed by atoms with Crippen LogP contribution in [0.1, 0.15) is 78.1 Å². The molecule has 1 spiro atoms. The highest BCUT2D eigenvalue weighted by atomic mass is 35.5. The van der Waals surface area contributed by atoms with Gasteiger partial charge in [-0.1, -0.05) is 43.0 Å². The van der Waals surface area contributed by atoms with Crippen LogP contribution >= 0.6 is 11.6 Å². The number of likely N-dealkylation sites (tertiary alicyclic amines) is 1. The van der Waals surface area contributed by atoms with Crippen molar-refractivity contribution in [2.24, 2.45) is 0 Å². The van der Waals surface area contributed by atoms with Crippen LogP contribution in [-0.2, 0) is 25.0 Å². The first-order valence-electron chi connectivity index (χ1n) is 15.7. The fraction of sp³-hybridized carbons (Fsp3) is 0.441. The number of anilines is 1. The standard InChI is InChI=1S/C34H40ClN7O/c35-27-10-11-30-29(20-27)34(12-18-40(19-13-34)28-4-2-1-3-5-28)24-42(30)21-25-6-8-26(9-7-25)33(43)41(22-31-36-14-15-37-31)23-32-38-16-17-39-32/h6-11,14-17,20,28H,1-5,12-13,18-19,21-24H2,(H,36,37)(H,38,39). The van der Waals surface area contributed by atoms with Crippen molar-refractivity contribution in [2.75, 3.05) is 24.5 Å². The van der Waals surface area contributed by atoms with E-state index in [1.165, 1.54) is 74.8 Å². The molecule has 4 heterocycles. The summed E-state index contributed by atoms with van der Waals surface area (Å²) < 4.78 is 0. The van der Waals surface area contributed by atoms with Gasteiger partial charge in [-0.15, -0.1) is 0 Å². The third kappa shape index (κ3) is 5.95. The third-order valence-electron chi connectivity index (χ3n) is 9.86. The Bertz CT molecular complexity index is 1470. The molecule has 2 fully saturated rings. The number of hydrogen-bond acceptors (Lipinski definition) is 5. The molecule has 7 rings (SSSR count). The minimum Gasteiger partial charge on any atom is -0.366 e. The van der Waals surface area contributed by atoms with Gasteiger partial charge in [0.2, 0.25) is 0 Å². The fourth-order valence-electron chi connectivity index (χ4n) is 7.56. The molecular weight excluding hydrogens is 558 g/mol. The minimum atomic E-state index is -0.0517. The lowest BCUT2D eigenvalue weighted by molar-refractivity contribution is 0.0721. The number of imidazole rings is 2. The Balaban J connectivity index is 1.05. The van der Waals surface area contributed by atoms with Crippen molar-refractivity contribution < 1.29 is 4.79 Å². The highest BCUT2D eigenvalue weighted by Crippen LogP contribution is 2.49. The van der Waals surface area contributed by atoms with Gasteiger partial charge < -0.3 is 24.7 Å². The number of benzene rings is 2. The molecule has 2 N–H and O–H groups in total. The monoisotopic (exact) mass is 597 g/mol. The Kier molecular flexibility index (Phi) is 7.97. The van der Waals surface area contributed by atoms with E-state index in [2.05, 4.69) is 54.0 Å². The number of aromatic amines is 2. The first-order chi connectivity index (χ1) is 21.1. The zero-order valence-electron chi connectivity index (χ0n) is 24.6. The molecule has 2 aromatic heterocycles. The number of rotatable bonds is 8. The van der Waals surface area contributed by atoms with Crippen molar-refractivity contribution in [1.82, 2.24) is 29.7 Å². The maximum atomic E-state index is 13.6. The van der Waals surface area contributed by atoms with E-state index in [-0.39, 0.29) is 11.3 Å². The largest absolute Gasteiger partial charge is 0.366 e. The number of H-pyrrole nitrogens is 2. The number of carbonyl (C=O) groups excluding carboxylic acids is 1. The molecule has 8 nitrogen and oxygen atoms in total. The highest BCUT2D eigenvalue weighted by molar-refractivity contribution is 6.30. The lowest BCUT2D eigenvalue weighted by Crippen LogP contribution is -2.49. The lowest BCUT2D eigenvalue weighted by Gasteiger charge is -2.44. The number of amides is 1. The normalized spacial score (nSPS) is 18.7. The van der Waals surface area contributed by atoms with E-state index < -0.39 is 0 Å². The molecule has 0 bridgehead atoms. The fourth-order valence-corrected chi connectivity index (χ4v) is 7.73. The van der Waals surface area contributed by atoms with Crippen molar-refractivity contribution in [3.63, 3.8) is 0 Å². The number of carbonyl (C=O) groups is 1. The van der Waals surface area contributed by atoms with Crippen LogP contribution in [0.3, 0.4) is 0 Å². The van der Waals surface area contributed by atoms with Crippen LogP contribution in [0.5, 0.6) is 0 Å². The van der Waals surface area contributed by atoms with Gasteiger partial charge in [-0.3, -0.25) is 4.79 Å². The first-order valence-corrected chi connectivity index (χ1v) is 16.1. The predicted octanol–water partition coefficient (Wildman–Crippen LogP) is 6.32. The minimum absolute atomic E-state index is 0.0517. The van der Waals surface area contributed by atoms with E-state index in [1.807, 2.05) is 18.2 Å². The van der Waals surface area contributed by atoms with E-state index in [0.29, 0.717) is 18.7 Å². The number of fused-ring (bicyclic) bond motifs is 2. The quantitative estimate of drug-likeness (QED) is 0.248. The number of piperidine rings is 1. The second-order valence-corrected chi connectivity index (χ2v) is 13.0. The summed E-state index contributed by atoms with van der Waals surface area (Å²) >= 11 is 6.57. The number of nitrogens with one attached hydrogen (secondary N) is 2. The van der Waals surface area contributed by atoms with E-state index in [1.54, 1.807) is 29.7 Å². The molecule has 4 aromatic rings. The van der Waals surface area contributed by atoms with Crippen LogP contribution in [0.15, 0.2) is 67.3 Å². The molecule has 2 aromatic carbocycles. The zero-order chi connectivity index (χ0) is 29.2. The second kappa shape index (κ2) is 12.2. The molecule has 43 heavy (non-hydrogen) atoms. The van der Waals surface area contributed by atoms with Crippen molar-refractivity contribution >= 4 is 23.2 Å². The van der Waals surface area contributed by atoms with Crippen molar-refractivity contribution in [3.8, 4) is 0 Å². The first kappa shape index (κ1) is 28.2. The van der Waals surface area contributed by atoms with Crippen LogP contribution < -0.4 is 4.90 Å². The zero-order valence-corrected chi connectivity index (χ0v) is 25.4. The summed E-state index contributed by atoms with van der Waals surface area (Å²) in [7, 11) is 0. The van der Waals surface area contributed by atoms with Gasteiger partial charge in [-0.2, -0.15) is 0 Å². The second-order valence-electron chi connectivity index (χ2n) is 12.6. The number of aromatic nitrogens is 4. The van der Waals surface area contributed by atoms with Gasteiger partial charge in [0, 0.05) is 65.6 Å². The predicted molar refractivity (Wildman–Crippen MR) is 169 cm³/mol. The average Bonchev–Trinajstić information content (AvgIpc) is 3.81. The van der Waals surface area contributed by atoms with Gasteiger partial charge in [0.1, 0.15) is 11.6 Å². The number of hydrogen-bond donors (Lipinski definition) is 2. The van der Waals surface area contributed by atoms with Gasteiger partial charge in [-0.05, 0) is 80.2 Å². The Morgan fingerprint density at radius 3 is 2.23 bits per heavy atom. The topological polar surface area (TPSA) is 84.2 Å². The Morgan fingerprint density at radius 2 is 1.60 bits per heavy atom. The van der Waals surface area contributed by atoms with Gasteiger partial charge in [-0.25, -0.2) is 9.97 Å². The summed E-state index contributed by atoms with van der Waals surface area (Å²) in [6.45, 7) is 4.92. The van der Waals surface area contributed by atoms with E-state index in [9.17, 15) is 4.79 Å². The summed E-state index contributed by atoms with van der Waals surface area (Å²) in [6, 6.07) is 15.3. The summed E-state index contributed by atoms with van der Waals surface area (Å²) in [5.74, 6) is 1.43. The van der Waals surface area contributed by atoms with Crippen LogP contribution in [0.4, 0.5) is 5.69 Å². The van der Waals surface area contributed by atoms with Crippen LogP contribution in [0.2, 0.25) is 5.02 Å². The van der Waals surface area contributed by atoms with Gasteiger partial charge in [0.15, 0.2) is 0 Å². The Hall–Kier alpha value is -3.62. The van der Waals surface area contributed by atoms with E-state index in [4.69, 9.17) is 11.6 Å². The summed E-state index contributed by atoms with van der Waals surface area (Å²) in [6.07, 6.45) is 16.2. The smallest absolute Gasteiger partial charge is 0.254 e. The summed E-state index contributed by atoms with van der Waals surface area (Å²) in [5, 5.41) is 0.825. The molecule has 1 amide bonds. The summed E-state index contributed by atoms with van der Waals surface area (Å²) in [5.41, 5.74) is 4.72. The van der Waals surface area contributed by atoms with E-state index in [0.717, 1.165) is 35.8 Å². The van der Waals surface area contributed by atoms with Crippen LogP contribution in [0.25, 0.3) is 0 Å². The lowest BCUT2D eigenvalue weighted by atomic mass is 9.73. The van der Waals surface area contributed by atoms with Gasteiger partial charge in [0.25, 0.3) is 5.91 Å². The molecular formula is C34H40ClN7O. The Morgan fingerprint density at radius 1 is 0.930 bits per heavy atom. The average molecular weight is 598 g/mol. The number of nitrogens with zero attached hydrogens (tertiary/aromatic N) is 5. The number of halogens is 1. The van der Waals surface area contributed by atoms with Crippen molar-refractivity contribution in [2.45, 2.75) is 76.0 Å². The molecule has 1 aliphatic carbocycles. The Labute approximate surface area is 258 Å². The molecule has 3 aliphatic rings. The molecule has 0 unspecified atom stereocenters. The third-order valence-corrected chi connectivity index (χ3v) is 10.1.